The molecule has 1 saturated heterocycles. The molecule has 1 fully saturated rings. The first-order chi connectivity index (χ1) is 18.9. The maximum atomic E-state index is 13.8. The lowest BCUT2D eigenvalue weighted by atomic mass is 9.83. The summed E-state index contributed by atoms with van der Waals surface area (Å²) in [5.41, 5.74) is 3.04. The van der Waals surface area contributed by atoms with Crippen LogP contribution in [0.15, 0.2) is 88.7 Å². The maximum Gasteiger partial charge on any atom is 0.305 e. The van der Waals surface area contributed by atoms with Crippen LogP contribution in [0.4, 0.5) is 11.4 Å². The predicted molar refractivity (Wildman–Crippen MR) is 151 cm³/mol. The molecule has 2 N–H and O–H groups in total. The maximum absolute atomic E-state index is 13.8. The van der Waals surface area contributed by atoms with Crippen LogP contribution in [0.1, 0.15) is 21.9 Å². The van der Waals surface area contributed by atoms with Gasteiger partial charge in [-0.05, 0) is 48.9 Å². The fraction of sp³-hybridized carbons (Fsp3) is 0.172. The highest BCUT2D eigenvalue weighted by atomic mass is 32.2. The Kier molecular flexibility index (Phi) is 6.58. The van der Waals surface area contributed by atoms with E-state index in [1.807, 2.05) is 49.4 Å². The third-order valence-electron chi connectivity index (χ3n) is 6.78. The third-order valence-corrected chi connectivity index (χ3v) is 9.18. The Morgan fingerprint density at radius 3 is 2.38 bits per heavy atom. The highest BCUT2D eigenvalue weighted by Crippen LogP contribution is 2.53. The summed E-state index contributed by atoms with van der Waals surface area (Å²) in [6, 6.07) is 23.5. The number of aromatic nitrogens is 1. The summed E-state index contributed by atoms with van der Waals surface area (Å²) >= 11 is 2.31. The molecular formula is C29H23N3O5S2. The molecule has 0 unspecified atom stereocenters. The number of rotatable bonds is 6. The summed E-state index contributed by atoms with van der Waals surface area (Å²) in [4.78, 5) is 56.4. The van der Waals surface area contributed by atoms with Crippen molar-refractivity contribution < 1.29 is 19.1 Å². The van der Waals surface area contributed by atoms with Crippen molar-refractivity contribution in [2.24, 2.45) is 5.92 Å². The monoisotopic (exact) mass is 557 g/mol. The van der Waals surface area contributed by atoms with Crippen LogP contribution in [0.2, 0.25) is 0 Å². The first kappa shape index (κ1) is 25.1. The predicted octanol–water partition coefficient (Wildman–Crippen LogP) is 4.56. The Morgan fingerprint density at radius 2 is 1.67 bits per heavy atom. The molecule has 2 aliphatic heterocycles. The Bertz CT molecular complexity index is 1610. The van der Waals surface area contributed by atoms with E-state index in [1.54, 1.807) is 36.4 Å². The van der Waals surface area contributed by atoms with Crippen LogP contribution in [0.25, 0.3) is 0 Å². The Hall–Kier alpha value is -4.15. The molecular weight excluding hydrogens is 534 g/mol. The van der Waals surface area contributed by atoms with Crippen LogP contribution in [-0.4, -0.2) is 34.6 Å². The van der Waals surface area contributed by atoms with E-state index in [2.05, 4.69) is 10.3 Å². The molecule has 0 saturated carbocycles. The molecule has 3 atom stereocenters. The molecule has 0 spiro atoms. The van der Waals surface area contributed by atoms with Crippen LogP contribution in [-0.2, 0) is 14.4 Å². The average Bonchev–Trinajstić information content (AvgIpc) is 3.43. The van der Waals surface area contributed by atoms with Gasteiger partial charge in [0.05, 0.1) is 16.6 Å². The highest BCUT2D eigenvalue weighted by Gasteiger charge is 2.56. The molecule has 8 nitrogen and oxygen atoms in total. The number of thioether (sulfide) groups is 1. The van der Waals surface area contributed by atoms with Crippen molar-refractivity contribution in [1.29, 1.82) is 0 Å². The number of imide groups is 1. The molecule has 3 amide bonds. The zero-order valence-corrected chi connectivity index (χ0v) is 22.4. The number of thiazole rings is 1. The number of H-pyrrole nitrogens is 1. The van der Waals surface area contributed by atoms with E-state index < -0.39 is 17.1 Å². The number of carbonyl (C=O) groups is 3. The molecule has 3 aromatic carbocycles. The van der Waals surface area contributed by atoms with Gasteiger partial charge in [-0.2, -0.15) is 0 Å². The van der Waals surface area contributed by atoms with E-state index in [-0.39, 0.29) is 29.2 Å². The van der Waals surface area contributed by atoms with Crippen molar-refractivity contribution in [3.63, 3.8) is 0 Å². The molecule has 196 valence electrons. The van der Waals surface area contributed by atoms with E-state index in [1.165, 1.54) is 16.7 Å². The molecule has 1 aromatic heterocycles. The van der Waals surface area contributed by atoms with Crippen LogP contribution in [0.5, 0.6) is 5.75 Å². The largest absolute Gasteiger partial charge is 0.484 e. The highest BCUT2D eigenvalue weighted by molar-refractivity contribution is 8.00. The van der Waals surface area contributed by atoms with Gasteiger partial charge in [0.25, 0.3) is 5.91 Å². The lowest BCUT2D eigenvalue weighted by Crippen LogP contribution is -2.32. The number of nitrogens with one attached hydrogen (secondary N) is 2. The number of amides is 3. The zero-order valence-electron chi connectivity index (χ0n) is 20.7. The Morgan fingerprint density at radius 1 is 0.949 bits per heavy atom. The number of hydrogen-bond acceptors (Lipinski definition) is 7. The van der Waals surface area contributed by atoms with Gasteiger partial charge in [0.1, 0.15) is 11.0 Å². The SMILES string of the molecule is Cc1ccc(N2C(=O)[C@H]3[C@H](c4ccc(OCC(=O)Nc5ccccc5)cc4)c4sc(=O)[nH]c4S[C@H]3C2=O)cc1. The van der Waals surface area contributed by atoms with Gasteiger partial charge in [0.2, 0.25) is 11.8 Å². The molecule has 6 rings (SSSR count). The van der Waals surface area contributed by atoms with Gasteiger partial charge < -0.3 is 15.0 Å². The number of aromatic amines is 1. The average molecular weight is 558 g/mol. The Balaban J connectivity index is 1.25. The van der Waals surface area contributed by atoms with E-state index in [9.17, 15) is 19.2 Å². The second-order valence-corrected chi connectivity index (χ2v) is 11.5. The summed E-state index contributed by atoms with van der Waals surface area (Å²) in [5, 5.41) is 2.74. The second kappa shape index (κ2) is 10.2. The van der Waals surface area contributed by atoms with Gasteiger partial charge in [-0.3, -0.25) is 19.2 Å². The molecule has 3 heterocycles. The van der Waals surface area contributed by atoms with Crippen molar-refractivity contribution in [2.45, 2.75) is 23.1 Å². The number of hydrogen-bond donors (Lipinski definition) is 2. The topological polar surface area (TPSA) is 109 Å². The fourth-order valence-corrected chi connectivity index (χ4v) is 7.48. The van der Waals surface area contributed by atoms with Crippen molar-refractivity contribution in [1.82, 2.24) is 4.98 Å². The standard InChI is InChI=1S/C29H23N3O5S2/c1-16-7-11-19(12-8-16)32-27(34)23-22(24-26(31-29(36)39-24)38-25(23)28(32)35)17-9-13-20(14-10-17)37-15-21(33)30-18-5-3-2-4-6-18/h2-14,22-23,25H,15H2,1H3,(H,30,33)(H,31,36)/t22-,23-,25+/m0/s1. The van der Waals surface area contributed by atoms with Crippen molar-refractivity contribution in [2.75, 3.05) is 16.8 Å². The molecule has 0 radical (unpaired) electrons. The summed E-state index contributed by atoms with van der Waals surface area (Å²) in [7, 11) is 0. The third kappa shape index (κ3) is 4.77. The number of fused-ring (bicyclic) bond motifs is 2. The van der Waals surface area contributed by atoms with Gasteiger partial charge in [-0.1, -0.05) is 71.1 Å². The number of nitrogens with zero attached hydrogens (tertiary/aromatic N) is 1. The van der Waals surface area contributed by atoms with Crippen LogP contribution < -0.4 is 19.8 Å². The first-order valence-electron chi connectivity index (χ1n) is 12.3. The summed E-state index contributed by atoms with van der Waals surface area (Å²) in [6.07, 6.45) is 0. The summed E-state index contributed by atoms with van der Waals surface area (Å²) < 4.78 is 5.67. The number of anilines is 2. The second-order valence-electron chi connectivity index (χ2n) is 9.37. The van der Waals surface area contributed by atoms with Crippen LogP contribution in [0.3, 0.4) is 0 Å². The molecule has 4 aromatic rings. The van der Waals surface area contributed by atoms with E-state index >= 15 is 0 Å². The number of aryl methyl sites for hydroxylation is 1. The van der Waals surface area contributed by atoms with E-state index in [4.69, 9.17) is 4.74 Å². The molecule has 0 bridgehead atoms. The first-order valence-corrected chi connectivity index (χ1v) is 14.0. The van der Waals surface area contributed by atoms with Gasteiger partial charge in [-0.15, -0.1) is 0 Å². The number of carbonyl (C=O) groups excluding carboxylic acids is 3. The van der Waals surface area contributed by atoms with Gasteiger partial charge in [0.15, 0.2) is 6.61 Å². The van der Waals surface area contributed by atoms with Crippen molar-refractivity contribution in [3.05, 3.63) is 105 Å². The van der Waals surface area contributed by atoms with Crippen LogP contribution in [0, 0.1) is 12.8 Å². The molecule has 0 aliphatic carbocycles. The van der Waals surface area contributed by atoms with Gasteiger partial charge in [0, 0.05) is 16.5 Å². The number of benzene rings is 3. The fourth-order valence-electron chi connectivity index (χ4n) is 4.96. The Labute approximate surface area is 232 Å². The summed E-state index contributed by atoms with van der Waals surface area (Å²) in [6.45, 7) is 1.78. The zero-order chi connectivity index (χ0) is 27.1. The van der Waals surface area contributed by atoms with E-state index in [0.29, 0.717) is 22.2 Å². The molecule has 2 aliphatic rings. The minimum Gasteiger partial charge on any atom is -0.484 e. The quantitative estimate of drug-likeness (QED) is 0.337. The normalized spacial score (nSPS) is 19.9. The number of ether oxygens (including phenoxy) is 1. The van der Waals surface area contributed by atoms with E-state index in [0.717, 1.165) is 27.3 Å². The molecule has 10 heteroatoms. The lowest BCUT2D eigenvalue weighted by Gasteiger charge is -2.29. The van der Waals surface area contributed by atoms with Crippen LogP contribution >= 0.6 is 23.1 Å². The summed E-state index contributed by atoms with van der Waals surface area (Å²) in [5.74, 6) is -1.50. The van der Waals surface area contributed by atoms with Gasteiger partial charge in [-0.25, -0.2) is 4.90 Å². The smallest absolute Gasteiger partial charge is 0.305 e. The number of para-hydroxylation sites is 1. The molecule has 39 heavy (non-hydrogen) atoms. The van der Waals surface area contributed by atoms with Crippen molar-refractivity contribution >= 4 is 52.2 Å². The van der Waals surface area contributed by atoms with Crippen molar-refractivity contribution in [3.8, 4) is 5.75 Å². The minimum absolute atomic E-state index is 0.166. The van der Waals surface area contributed by atoms with Gasteiger partial charge >= 0.3 is 4.87 Å². The lowest BCUT2D eigenvalue weighted by molar-refractivity contribution is -0.122. The minimum atomic E-state index is -0.661.